The summed E-state index contributed by atoms with van der Waals surface area (Å²) in [6.07, 6.45) is 3.97. The summed E-state index contributed by atoms with van der Waals surface area (Å²) in [5.74, 6) is 1.72. The zero-order valence-corrected chi connectivity index (χ0v) is 14.7. The molecule has 5 heteroatoms. The van der Waals surface area contributed by atoms with Crippen molar-refractivity contribution in [3.05, 3.63) is 53.5 Å². The van der Waals surface area contributed by atoms with Crippen LogP contribution in [0.1, 0.15) is 34.7 Å². The highest BCUT2D eigenvalue weighted by atomic mass is 32.2. The van der Waals surface area contributed by atoms with Crippen LogP contribution in [0.25, 0.3) is 0 Å². The van der Waals surface area contributed by atoms with E-state index in [1.807, 2.05) is 36.6 Å². The van der Waals surface area contributed by atoms with Gasteiger partial charge in [0.15, 0.2) is 5.78 Å². The fourth-order valence-electron chi connectivity index (χ4n) is 3.29. The molecule has 0 spiro atoms. The number of hydrogen-bond acceptors (Lipinski definition) is 5. The molecule has 1 aliphatic heterocycles. The van der Waals surface area contributed by atoms with Crippen LogP contribution >= 0.6 is 11.8 Å². The number of ketones is 1. The molecule has 0 unspecified atom stereocenters. The molecule has 1 saturated heterocycles. The maximum atomic E-state index is 12.9. The normalized spacial score (nSPS) is 18.7. The number of Topliss-reactive ketones (excluding diaryl/α,β-unsaturated/α-hetero) is 1. The maximum absolute atomic E-state index is 12.9. The Hall–Kier alpha value is -1.56. The lowest BCUT2D eigenvalue weighted by atomic mass is 9.90. The van der Waals surface area contributed by atoms with E-state index in [0.29, 0.717) is 12.3 Å². The molecule has 1 atom stereocenters. The standard InChI is InChI=1S/C19H23NO3S/c1-24-18-7-3-2-6-17(18)19(22)14-5-4-10-20(11-14)12-15-8-9-16(13-21)23-15/h2-3,6-9,14,21H,4-5,10-13H2,1H3/t14-/m1/s1. The maximum Gasteiger partial charge on any atom is 0.168 e. The third-order valence-corrected chi connectivity index (χ3v) is 5.30. The molecule has 1 fully saturated rings. The number of aliphatic hydroxyl groups is 1. The molecule has 0 amide bonds. The van der Waals surface area contributed by atoms with Gasteiger partial charge in [-0.1, -0.05) is 18.2 Å². The lowest BCUT2D eigenvalue weighted by Crippen LogP contribution is -2.38. The summed E-state index contributed by atoms with van der Waals surface area (Å²) in [5, 5.41) is 9.09. The molecule has 24 heavy (non-hydrogen) atoms. The number of aliphatic hydroxyl groups excluding tert-OH is 1. The van der Waals surface area contributed by atoms with Crippen molar-refractivity contribution >= 4 is 17.5 Å². The van der Waals surface area contributed by atoms with Crippen molar-refractivity contribution in [2.75, 3.05) is 19.3 Å². The summed E-state index contributed by atoms with van der Waals surface area (Å²) in [6, 6.07) is 11.6. The molecule has 128 valence electrons. The number of nitrogens with zero attached hydrogens (tertiary/aromatic N) is 1. The third kappa shape index (κ3) is 3.91. The number of carbonyl (C=O) groups is 1. The topological polar surface area (TPSA) is 53.7 Å². The van der Waals surface area contributed by atoms with Crippen LogP contribution in [0.4, 0.5) is 0 Å². The molecule has 4 nitrogen and oxygen atoms in total. The SMILES string of the molecule is CSc1ccccc1C(=O)[C@@H]1CCCN(Cc2ccc(CO)o2)C1. The molecule has 0 radical (unpaired) electrons. The molecule has 3 rings (SSSR count). The Morgan fingerprint density at radius 2 is 2.08 bits per heavy atom. The van der Waals surface area contributed by atoms with E-state index in [9.17, 15) is 4.79 Å². The molecule has 1 aromatic carbocycles. The van der Waals surface area contributed by atoms with E-state index in [1.54, 1.807) is 17.8 Å². The lowest BCUT2D eigenvalue weighted by molar-refractivity contribution is 0.0798. The van der Waals surface area contributed by atoms with Gasteiger partial charge >= 0.3 is 0 Å². The molecular formula is C19H23NO3S. The fraction of sp³-hybridized carbons (Fsp3) is 0.421. The minimum absolute atomic E-state index is 0.0410. The summed E-state index contributed by atoms with van der Waals surface area (Å²) in [4.78, 5) is 16.3. The van der Waals surface area contributed by atoms with Crippen molar-refractivity contribution in [3.63, 3.8) is 0 Å². The molecule has 2 heterocycles. The Balaban J connectivity index is 1.67. The number of carbonyl (C=O) groups excluding carboxylic acids is 1. The Labute approximate surface area is 146 Å². The number of piperidine rings is 1. The molecule has 1 aliphatic rings. The van der Waals surface area contributed by atoms with Gasteiger partial charge < -0.3 is 9.52 Å². The van der Waals surface area contributed by atoms with Crippen molar-refractivity contribution in [2.24, 2.45) is 5.92 Å². The van der Waals surface area contributed by atoms with Crippen LogP contribution in [0.5, 0.6) is 0 Å². The first-order chi connectivity index (χ1) is 11.7. The second-order valence-electron chi connectivity index (χ2n) is 6.16. The van der Waals surface area contributed by atoms with Crippen LogP contribution in [0.15, 0.2) is 45.7 Å². The second-order valence-corrected chi connectivity index (χ2v) is 7.01. The van der Waals surface area contributed by atoms with Crippen LogP contribution in [0.2, 0.25) is 0 Å². The summed E-state index contributed by atoms with van der Waals surface area (Å²) in [7, 11) is 0. The van der Waals surface area contributed by atoms with Gasteiger partial charge in [0.25, 0.3) is 0 Å². The summed E-state index contributed by atoms with van der Waals surface area (Å²) in [5.41, 5.74) is 0.845. The van der Waals surface area contributed by atoms with E-state index in [1.165, 1.54) is 0 Å². The van der Waals surface area contributed by atoms with Gasteiger partial charge in [0.1, 0.15) is 18.1 Å². The number of rotatable bonds is 6. The first kappa shape index (κ1) is 17.3. The van der Waals surface area contributed by atoms with E-state index >= 15 is 0 Å². The van der Waals surface area contributed by atoms with E-state index in [0.717, 1.165) is 42.2 Å². The van der Waals surface area contributed by atoms with E-state index in [4.69, 9.17) is 9.52 Å². The van der Waals surface area contributed by atoms with Crippen molar-refractivity contribution in [2.45, 2.75) is 30.9 Å². The van der Waals surface area contributed by atoms with Crippen LogP contribution in [0, 0.1) is 5.92 Å². The quantitative estimate of drug-likeness (QED) is 0.640. The van der Waals surface area contributed by atoms with E-state index < -0.39 is 0 Å². The van der Waals surface area contributed by atoms with E-state index in [2.05, 4.69) is 4.90 Å². The first-order valence-corrected chi connectivity index (χ1v) is 9.51. The van der Waals surface area contributed by atoms with Gasteiger partial charge in [-0.15, -0.1) is 11.8 Å². The molecule has 1 aromatic heterocycles. The molecule has 2 aromatic rings. The van der Waals surface area contributed by atoms with Crippen LogP contribution in [0.3, 0.4) is 0 Å². The highest BCUT2D eigenvalue weighted by Gasteiger charge is 2.28. The summed E-state index contributed by atoms with van der Waals surface area (Å²) >= 11 is 1.62. The van der Waals surface area contributed by atoms with Gasteiger partial charge in [-0.3, -0.25) is 9.69 Å². The molecule has 1 N–H and O–H groups in total. The lowest BCUT2D eigenvalue weighted by Gasteiger charge is -2.31. The highest BCUT2D eigenvalue weighted by molar-refractivity contribution is 7.98. The number of hydrogen-bond donors (Lipinski definition) is 1. The van der Waals surface area contributed by atoms with E-state index in [-0.39, 0.29) is 18.3 Å². The Morgan fingerprint density at radius 1 is 1.29 bits per heavy atom. The Kier molecular flexibility index (Phi) is 5.76. The van der Waals surface area contributed by atoms with Gasteiger partial charge in [0.05, 0.1) is 6.54 Å². The number of furan rings is 1. The van der Waals surface area contributed by atoms with Crippen molar-refractivity contribution in [3.8, 4) is 0 Å². The number of likely N-dealkylation sites (tertiary alicyclic amines) is 1. The number of benzene rings is 1. The Bertz CT molecular complexity index is 697. The zero-order valence-electron chi connectivity index (χ0n) is 13.9. The Morgan fingerprint density at radius 3 is 2.83 bits per heavy atom. The van der Waals surface area contributed by atoms with Gasteiger partial charge in [0.2, 0.25) is 0 Å². The van der Waals surface area contributed by atoms with Crippen LogP contribution in [-0.4, -0.2) is 35.1 Å². The average Bonchev–Trinajstić information content (AvgIpc) is 3.09. The van der Waals surface area contributed by atoms with Crippen LogP contribution in [-0.2, 0) is 13.2 Å². The zero-order chi connectivity index (χ0) is 16.9. The fourth-order valence-corrected chi connectivity index (χ4v) is 3.90. The van der Waals surface area contributed by atoms with Gasteiger partial charge in [-0.25, -0.2) is 0 Å². The minimum Gasteiger partial charge on any atom is -0.462 e. The van der Waals surface area contributed by atoms with Crippen molar-refractivity contribution in [1.29, 1.82) is 0 Å². The van der Waals surface area contributed by atoms with Gasteiger partial charge in [0, 0.05) is 22.9 Å². The predicted molar refractivity (Wildman–Crippen MR) is 95.2 cm³/mol. The highest BCUT2D eigenvalue weighted by Crippen LogP contribution is 2.27. The molecule has 0 saturated carbocycles. The van der Waals surface area contributed by atoms with Crippen molar-refractivity contribution < 1.29 is 14.3 Å². The van der Waals surface area contributed by atoms with Gasteiger partial charge in [-0.05, 0) is 43.8 Å². The van der Waals surface area contributed by atoms with Crippen molar-refractivity contribution in [1.82, 2.24) is 4.90 Å². The monoisotopic (exact) mass is 345 g/mol. The molecule has 0 aliphatic carbocycles. The molecular weight excluding hydrogens is 322 g/mol. The number of thioether (sulfide) groups is 1. The smallest absolute Gasteiger partial charge is 0.168 e. The minimum atomic E-state index is -0.0768. The predicted octanol–water partition coefficient (Wildman–Crippen LogP) is 3.59. The van der Waals surface area contributed by atoms with Crippen LogP contribution < -0.4 is 0 Å². The summed E-state index contributed by atoms with van der Waals surface area (Å²) < 4.78 is 5.57. The van der Waals surface area contributed by atoms with Gasteiger partial charge in [-0.2, -0.15) is 0 Å². The summed E-state index contributed by atoms with van der Waals surface area (Å²) in [6.45, 7) is 2.35. The largest absolute Gasteiger partial charge is 0.462 e. The average molecular weight is 345 g/mol. The first-order valence-electron chi connectivity index (χ1n) is 8.29. The molecule has 0 bridgehead atoms. The second kappa shape index (κ2) is 8.01. The third-order valence-electron chi connectivity index (χ3n) is 4.50.